The molecular weight excluding hydrogens is 258 g/mol. The summed E-state index contributed by atoms with van der Waals surface area (Å²) in [5, 5.41) is 0.549. The molecule has 0 atom stereocenters. The summed E-state index contributed by atoms with van der Waals surface area (Å²) in [7, 11) is 0. The van der Waals surface area contributed by atoms with E-state index in [2.05, 4.69) is 0 Å². The average Bonchev–Trinajstić information content (AvgIpc) is 2.51. The average molecular weight is 275 g/mol. The molecule has 1 aromatic heterocycles. The molecule has 2 heterocycles. The first-order valence-corrected chi connectivity index (χ1v) is 6.82. The molecule has 1 saturated heterocycles. The minimum Gasteiger partial charge on any atom is -0.485 e. The third kappa shape index (κ3) is 2.25. The topological polar surface area (TPSA) is 51.9 Å². The van der Waals surface area contributed by atoms with Crippen molar-refractivity contribution < 1.29 is 13.9 Å². The molecule has 1 aliphatic heterocycles. The van der Waals surface area contributed by atoms with Gasteiger partial charge < -0.3 is 18.8 Å². The van der Waals surface area contributed by atoms with Gasteiger partial charge in [0.05, 0.1) is 25.2 Å². The molecule has 2 aromatic rings. The molecule has 0 N–H and O–H groups in total. The summed E-state index contributed by atoms with van der Waals surface area (Å²) in [5.41, 5.74) is 0.470. The second kappa shape index (κ2) is 5.54. The summed E-state index contributed by atoms with van der Waals surface area (Å²) < 4.78 is 16.8. The Labute approximate surface area is 116 Å². The van der Waals surface area contributed by atoms with Crippen molar-refractivity contribution in [3.05, 3.63) is 34.5 Å². The van der Waals surface area contributed by atoms with Gasteiger partial charge in [0.1, 0.15) is 5.58 Å². The fourth-order valence-electron chi connectivity index (χ4n) is 2.36. The van der Waals surface area contributed by atoms with Crippen molar-refractivity contribution in [2.45, 2.75) is 6.92 Å². The largest absolute Gasteiger partial charge is 0.485 e. The number of fused-ring (bicyclic) bond motifs is 1. The maximum absolute atomic E-state index is 12.5. The second-order valence-corrected chi connectivity index (χ2v) is 4.59. The molecular formula is C15H17NO4. The number of anilines is 1. The summed E-state index contributed by atoms with van der Waals surface area (Å²) in [6.07, 6.45) is 0. The van der Waals surface area contributed by atoms with Crippen LogP contribution >= 0.6 is 0 Å². The van der Waals surface area contributed by atoms with Crippen LogP contribution in [0.1, 0.15) is 6.92 Å². The molecule has 5 nitrogen and oxygen atoms in total. The number of morpholine rings is 1. The molecule has 1 aromatic carbocycles. The zero-order chi connectivity index (χ0) is 13.9. The van der Waals surface area contributed by atoms with Gasteiger partial charge in [0.2, 0.25) is 17.1 Å². The molecule has 106 valence electrons. The Hall–Kier alpha value is -2.01. The number of nitrogens with zero attached hydrogens (tertiary/aromatic N) is 1. The van der Waals surface area contributed by atoms with Gasteiger partial charge in [0, 0.05) is 13.1 Å². The Bertz CT molecular complexity index is 658. The lowest BCUT2D eigenvalue weighted by atomic mass is 10.2. The molecule has 20 heavy (non-hydrogen) atoms. The Balaban J connectivity index is 2.17. The highest BCUT2D eigenvalue weighted by atomic mass is 16.5. The number of hydrogen-bond acceptors (Lipinski definition) is 5. The Morgan fingerprint density at radius 1 is 1.25 bits per heavy atom. The maximum Gasteiger partial charge on any atom is 0.243 e. The molecule has 0 unspecified atom stereocenters. The molecule has 0 bridgehead atoms. The van der Waals surface area contributed by atoms with E-state index in [9.17, 15) is 4.79 Å². The summed E-state index contributed by atoms with van der Waals surface area (Å²) in [6.45, 7) is 4.94. The van der Waals surface area contributed by atoms with Gasteiger partial charge in [-0.3, -0.25) is 4.79 Å². The first-order valence-electron chi connectivity index (χ1n) is 6.82. The first kappa shape index (κ1) is 13.0. The van der Waals surface area contributed by atoms with Gasteiger partial charge in [-0.2, -0.15) is 0 Å². The van der Waals surface area contributed by atoms with Crippen LogP contribution in [-0.4, -0.2) is 32.9 Å². The van der Waals surface area contributed by atoms with Crippen molar-refractivity contribution in [2.24, 2.45) is 0 Å². The molecule has 3 rings (SSSR count). The van der Waals surface area contributed by atoms with E-state index in [0.717, 1.165) is 0 Å². The summed E-state index contributed by atoms with van der Waals surface area (Å²) in [6, 6.07) is 7.24. The van der Waals surface area contributed by atoms with E-state index >= 15 is 0 Å². The van der Waals surface area contributed by atoms with Crippen LogP contribution in [-0.2, 0) is 4.74 Å². The smallest absolute Gasteiger partial charge is 0.243 e. The fraction of sp³-hybridized carbons (Fsp3) is 0.400. The maximum atomic E-state index is 12.5. The van der Waals surface area contributed by atoms with E-state index in [4.69, 9.17) is 13.9 Å². The van der Waals surface area contributed by atoms with Gasteiger partial charge in [-0.15, -0.1) is 0 Å². The lowest BCUT2D eigenvalue weighted by Gasteiger charge is -2.28. The van der Waals surface area contributed by atoms with E-state index in [-0.39, 0.29) is 5.43 Å². The minimum absolute atomic E-state index is 0.116. The zero-order valence-electron chi connectivity index (χ0n) is 11.4. The van der Waals surface area contributed by atoms with E-state index in [0.29, 0.717) is 55.5 Å². The van der Waals surface area contributed by atoms with Crippen molar-refractivity contribution in [1.82, 2.24) is 0 Å². The van der Waals surface area contributed by atoms with Crippen LogP contribution in [0.5, 0.6) is 5.75 Å². The predicted molar refractivity (Wildman–Crippen MR) is 76.7 cm³/mol. The van der Waals surface area contributed by atoms with Crippen molar-refractivity contribution in [1.29, 1.82) is 0 Å². The van der Waals surface area contributed by atoms with E-state index in [1.54, 1.807) is 12.1 Å². The van der Waals surface area contributed by atoms with E-state index < -0.39 is 0 Å². The lowest BCUT2D eigenvalue weighted by molar-refractivity contribution is 0.120. The van der Waals surface area contributed by atoms with Gasteiger partial charge in [-0.1, -0.05) is 12.1 Å². The van der Waals surface area contributed by atoms with E-state index in [1.165, 1.54) is 0 Å². The second-order valence-electron chi connectivity index (χ2n) is 4.59. The highest BCUT2D eigenvalue weighted by molar-refractivity contribution is 5.80. The number of benzene rings is 1. The quantitative estimate of drug-likeness (QED) is 0.858. The van der Waals surface area contributed by atoms with Gasteiger partial charge in [0.15, 0.2) is 0 Å². The van der Waals surface area contributed by atoms with Gasteiger partial charge in [-0.25, -0.2) is 0 Å². The van der Waals surface area contributed by atoms with Crippen LogP contribution in [0.2, 0.25) is 0 Å². The van der Waals surface area contributed by atoms with Gasteiger partial charge in [-0.05, 0) is 19.1 Å². The third-order valence-corrected chi connectivity index (χ3v) is 3.33. The summed E-state index contributed by atoms with van der Waals surface area (Å²) in [5.74, 6) is 0.812. The molecule has 0 radical (unpaired) electrons. The van der Waals surface area contributed by atoms with Crippen molar-refractivity contribution in [3.8, 4) is 5.75 Å². The fourth-order valence-corrected chi connectivity index (χ4v) is 2.36. The molecule has 0 saturated carbocycles. The SMILES string of the molecule is CCOc1c(N2CCOCC2)oc2ccccc2c1=O. The number of rotatable bonds is 3. The lowest BCUT2D eigenvalue weighted by Crippen LogP contribution is -2.37. The van der Waals surface area contributed by atoms with Crippen molar-refractivity contribution in [2.75, 3.05) is 37.8 Å². The number of hydrogen-bond donors (Lipinski definition) is 0. The Morgan fingerprint density at radius 2 is 2.00 bits per heavy atom. The van der Waals surface area contributed by atoms with Gasteiger partial charge in [0.25, 0.3) is 0 Å². The summed E-state index contributed by atoms with van der Waals surface area (Å²) in [4.78, 5) is 14.5. The van der Waals surface area contributed by atoms with Crippen molar-refractivity contribution in [3.63, 3.8) is 0 Å². The van der Waals surface area contributed by atoms with Crippen molar-refractivity contribution >= 4 is 16.9 Å². The van der Waals surface area contributed by atoms with Crippen LogP contribution in [0, 0.1) is 0 Å². The van der Waals surface area contributed by atoms with Crippen LogP contribution < -0.4 is 15.1 Å². The van der Waals surface area contributed by atoms with Crippen LogP contribution in [0.15, 0.2) is 33.5 Å². The molecule has 5 heteroatoms. The van der Waals surface area contributed by atoms with Gasteiger partial charge >= 0.3 is 0 Å². The van der Waals surface area contributed by atoms with E-state index in [1.807, 2.05) is 24.0 Å². The zero-order valence-corrected chi connectivity index (χ0v) is 11.4. The summed E-state index contributed by atoms with van der Waals surface area (Å²) >= 11 is 0. The Kier molecular flexibility index (Phi) is 3.60. The first-order chi connectivity index (χ1) is 9.81. The monoisotopic (exact) mass is 275 g/mol. The molecule has 0 spiro atoms. The minimum atomic E-state index is -0.116. The standard InChI is InChI=1S/C15H17NO4/c1-2-19-14-13(17)11-5-3-4-6-12(11)20-15(14)16-7-9-18-10-8-16/h3-6H,2,7-10H2,1H3. The predicted octanol–water partition coefficient (Wildman–Crippen LogP) is 2.03. The third-order valence-electron chi connectivity index (χ3n) is 3.33. The van der Waals surface area contributed by atoms with Crippen LogP contribution in [0.3, 0.4) is 0 Å². The highest BCUT2D eigenvalue weighted by Crippen LogP contribution is 2.29. The van der Waals surface area contributed by atoms with Crippen LogP contribution in [0.4, 0.5) is 5.88 Å². The normalized spacial score (nSPS) is 15.6. The molecule has 0 amide bonds. The number of ether oxygens (including phenoxy) is 2. The highest BCUT2D eigenvalue weighted by Gasteiger charge is 2.22. The molecule has 1 fully saturated rings. The Morgan fingerprint density at radius 3 is 2.75 bits per heavy atom. The molecule has 0 aliphatic carbocycles. The number of para-hydroxylation sites is 1. The van der Waals surface area contributed by atoms with Crippen LogP contribution in [0.25, 0.3) is 11.0 Å². The molecule has 1 aliphatic rings.